The van der Waals surface area contributed by atoms with Crippen LogP contribution in [-0.4, -0.2) is 16.6 Å². The average molecular weight is 191 g/mol. The van der Waals surface area contributed by atoms with Gasteiger partial charge in [-0.2, -0.15) is 0 Å². The lowest BCUT2D eigenvalue weighted by molar-refractivity contribution is -0.385. The fourth-order valence-corrected chi connectivity index (χ4v) is 1.08. The van der Waals surface area contributed by atoms with Gasteiger partial charge in [-0.05, 0) is 19.1 Å². The molecule has 0 saturated heterocycles. The Hall–Kier alpha value is -1.86. The maximum absolute atomic E-state index is 10.5. The van der Waals surface area contributed by atoms with Crippen molar-refractivity contribution in [2.45, 2.75) is 6.92 Å². The molecule has 1 aromatic carbocycles. The van der Waals surface area contributed by atoms with Gasteiger partial charge in [0.05, 0.1) is 4.92 Å². The van der Waals surface area contributed by atoms with Crippen molar-refractivity contribution in [2.24, 2.45) is 0 Å². The molecule has 1 N–H and O–H groups in total. The Morgan fingerprint density at radius 2 is 2.29 bits per heavy atom. The molecule has 1 rings (SSSR count). The van der Waals surface area contributed by atoms with Crippen molar-refractivity contribution in [3.05, 3.63) is 39.4 Å². The fourth-order valence-electron chi connectivity index (χ4n) is 1.08. The molecule has 0 aliphatic heterocycles. The standard InChI is InChI=1S/C10H9NO3/c1-8-7-9(3-2-6-12)4-5-10(8)11(13)14/h4-5,7,12H,6H2,1H3. The lowest BCUT2D eigenvalue weighted by Gasteiger charge is -1.96. The molecular weight excluding hydrogens is 182 g/mol. The van der Waals surface area contributed by atoms with E-state index < -0.39 is 4.92 Å². The Labute approximate surface area is 81.3 Å². The van der Waals surface area contributed by atoms with Crippen LogP contribution in [0.4, 0.5) is 5.69 Å². The quantitative estimate of drug-likeness (QED) is 0.412. The maximum atomic E-state index is 10.5. The van der Waals surface area contributed by atoms with Crippen LogP contribution in [-0.2, 0) is 0 Å². The van der Waals surface area contributed by atoms with Gasteiger partial charge in [-0.25, -0.2) is 0 Å². The number of aliphatic hydroxyl groups excluding tert-OH is 1. The summed E-state index contributed by atoms with van der Waals surface area (Å²) < 4.78 is 0. The summed E-state index contributed by atoms with van der Waals surface area (Å²) in [6.45, 7) is 1.44. The molecule has 0 atom stereocenters. The summed E-state index contributed by atoms with van der Waals surface area (Å²) in [5.41, 5.74) is 1.32. The third-order valence-electron chi connectivity index (χ3n) is 1.71. The molecule has 0 aromatic heterocycles. The molecule has 0 amide bonds. The molecule has 1 aromatic rings. The molecule has 0 spiro atoms. The number of aliphatic hydroxyl groups is 1. The smallest absolute Gasteiger partial charge is 0.272 e. The van der Waals surface area contributed by atoms with Gasteiger partial charge in [0.25, 0.3) is 5.69 Å². The summed E-state index contributed by atoms with van der Waals surface area (Å²) in [5.74, 6) is 5.15. The molecule has 0 radical (unpaired) electrons. The first-order valence-corrected chi connectivity index (χ1v) is 4.00. The number of hydrogen-bond acceptors (Lipinski definition) is 3. The Kier molecular flexibility index (Phi) is 3.21. The zero-order valence-corrected chi connectivity index (χ0v) is 7.65. The fraction of sp³-hybridized carbons (Fsp3) is 0.200. The van der Waals surface area contributed by atoms with Crippen LogP contribution in [0, 0.1) is 28.9 Å². The highest BCUT2D eigenvalue weighted by atomic mass is 16.6. The molecule has 72 valence electrons. The monoisotopic (exact) mass is 191 g/mol. The summed E-state index contributed by atoms with van der Waals surface area (Å²) in [6, 6.07) is 4.60. The van der Waals surface area contributed by atoms with Crippen molar-refractivity contribution < 1.29 is 10.0 Å². The van der Waals surface area contributed by atoms with E-state index in [1.165, 1.54) is 6.07 Å². The summed E-state index contributed by atoms with van der Waals surface area (Å²) >= 11 is 0. The first kappa shape index (κ1) is 10.2. The van der Waals surface area contributed by atoms with Gasteiger partial charge in [0.1, 0.15) is 6.61 Å². The summed E-state index contributed by atoms with van der Waals surface area (Å²) in [4.78, 5) is 10.0. The van der Waals surface area contributed by atoms with E-state index in [1.807, 2.05) is 0 Å². The summed E-state index contributed by atoms with van der Waals surface area (Å²) in [5, 5.41) is 18.9. The third kappa shape index (κ3) is 2.31. The predicted octanol–water partition coefficient (Wildman–Crippen LogP) is 1.25. The van der Waals surface area contributed by atoms with Crippen LogP contribution in [0.15, 0.2) is 18.2 Å². The predicted molar refractivity (Wildman–Crippen MR) is 51.8 cm³/mol. The van der Waals surface area contributed by atoms with Gasteiger partial charge in [-0.1, -0.05) is 11.8 Å². The Morgan fingerprint density at radius 1 is 1.57 bits per heavy atom. The largest absolute Gasteiger partial charge is 0.384 e. The van der Waals surface area contributed by atoms with Crippen LogP contribution in [0.2, 0.25) is 0 Å². The minimum Gasteiger partial charge on any atom is -0.384 e. The van der Waals surface area contributed by atoms with Crippen LogP contribution < -0.4 is 0 Å². The second-order valence-electron chi connectivity index (χ2n) is 2.72. The topological polar surface area (TPSA) is 63.4 Å². The highest BCUT2D eigenvalue weighted by molar-refractivity contribution is 5.47. The van der Waals surface area contributed by atoms with E-state index in [1.54, 1.807) is 19.1 Å². The number of rotatable bonds is 1. The minimum absolute atomic E-state index is 0.0829. The van der Waals surface area contributed by atoms with Gasteiger partial charge in [-0.3, -0.25) is 10.1 Å². The molecule has 0 unspecified atom stereocenters. The maximum Gasteiger partial charge on any atom is 0.272 e. The van der Waals surface area contributed by atoms with Gasteiger partial charge in [0.2, 0.25) is 0 Å². The molecule has 4 nitrogen and oxygen atoms in total. The van der Waals surface area contributed by atoms with Crippen molar-refractivity contribution in [3.63, 3.8) is 0 Å². The Morgan fingerprint density at radius 3 is 2.79 bits per heavy atom. The van der Waals surface area contributed by atoms with Gasteiger partial charge >= 0.3 is 0 Å². The normalized spacial score (nSPS) is 9.00. The average Bonchev–Trinajstić information content (AvgIpc) is 2.14. The van der Waals surface area contributed by atoms with Crippen LogP contribution in [0.1, 0.15) is 11.1 Å². The van der Waals surface area contributed by atoms with E-state index >= 15 is 0 Å². The molecule has 0 saturated carbocycles. The molecule has 0 fully saturated rings. The van der Waals surface area contributed by atoms with Crippen LogP contribution in [0.3, 0.4) is 0 Å². The molecular formula is C10H9NO3. The van der Waals surface area contributed by atoms with Crippen LogP contribution >= 0.6 is 0 Å². The number of aryl methyl sites for hydroxylation is 1. The number of hydrogen-bond donors (Lipinski definition) is 1. The van der Waals surface area contributed by atoms with Gasteiger partial charge in [0.15, 0.2) is 0 Å². The molecule has 0 aliphatic carbocycles. The zero-order chi connectivity index (χ0) is 10.6. The molecule has 4 heteroatoms. The van der Waals surface area contributed by atoms with E-state index in [-0.39, 0.29) is 12.3 Å². The van der Waals surface area contributed by atoms with E-state index in [0.29, 0.717) is 11.1 Å². The minimum atomic E-state index is -0.432. The third-order valence-corrected chi connectivity index (χ3v) is 1.71. The van der Waals surface area contributed by atoms with E-state index in [0.717, 1.165) is 0 Å². The summed E-state index contributed by atoms with van der Waals surface area (Å²) in [7, 11) is 0. The van der Waals surface area contributed by atoms with Crippen LogP contribution in [0.5, 0.6) is 0 Å². The second kappa shape index (κ2) is 4.40. The van der Waals surface area contributed by atoms with E-state index in [9.17, 15) is 10.1 Å². The lowest BCUT2D eigenvalue weighted by Crippen LogP contribution is -1.91. The van der Waals surface area contributed by atoms with Gasteiger partial charge in [-0.15, -0.1) is 0 Å². The molecule has 0 heterocycles. The molecule has 14 heavy (non-hydrogen) atoms. The van der Waals surface area contributed by atoms with Crippen molar-refractivity contribution in [2.75, 3.05) is 6.61 Å². The Balaban J connectivity index is 3.06. The van der Waals surface area contributed by atoms with E-state index in [4.69, 9.17) is 5.11 Å². The second-order valence-corrected chi connectivity index (χ2v) is 2.72. The van der Waals surface area contributed by atoms with Gasteiger partial charge in [0, 0.05) is 17.2 Å². The molecule has 0 aliphatic rings. The molecule has 0 bridgehead atoms. The highest BCUT2D eigenvalue weighted by Gasteiger charge is 2.08. The van der Waals surface area contributed by atoms with Crippen LogP contribution in [0.25, 0.3) is 0 Å². The lowest BCUT2D eigenvalue weighted by atomic mass is 10.1. The highest BCUT2D eigenvalue weighted by Crippen LogP contribution is 2.17. The summed E-state index contributed by atoms with van der Waals surface area (Å²) in [6.07, 6.45) is 0. The van der Waals surface area contributed by atoms with Gasteiger partial charge < -0.3 is 5.11 Å². The number of nitro groups is 1. The van der Waals surface area contributed by atoms with Crippen molar-refractivity contribution in [1.82, 2.24) is 0 Å². The Bertz CT molecular complexity index is 415. The van der Waals surface area contributed by atoms with E-state index in [2.05, 4.69) is 11.8 Å². The number of benzene rings is 1. The van der Waals surface area contributed by atoms with Crippen molar-refractivity contribution in [1.29, 1.82) is 0 Å². The first-order valence-electron chi connectivity index (χ1n) is 4.00. The van der Waals surface area contributed by atoms with Crippen molar-refractivity contribution >= 4 is 5.69 Å². The SMILES string of the molecule is Cc1cc(C#CCO)ccc1[N+](=O)[O-]. The number of nitro benzene ring substituents is 1. The number of nitrogens with zero attached hydrogens (tertiary/aromatic N) is 1. The first-order chi connectivity index (χ1) is 6.65. The zero-order valence-electron chi connectivity index (χ0n) is 7.65. The van der Waals surface area contributed by atoms with Crippen molar-refractivity contribution in [3.8, 4) is 11.8 Å².